The largest absolute Gasteiger partial charge is 0.340 e. The van der Waals surface area contributed by atoms with Gasteiger partial charge in [0.1, 0.15) is 10.7 Å². The van der Waals surface area contributed by atoms with Crippen LogP contribution in [0.1, 0.15) is 11.4 Å². The molecule has 0 aliphatic carbocycles. The van der Waals surface area contributed by atoms with E-state index in [0.717, 1.165) is 12.1 Å². The average Bonchev–Trinajstić information content (AvgIpc) is 2.92. The minimum absolute atomic E-state index is 0.0847. The fourth-order valence-electron chi connectivity index (χ4n) is 2.39. The Hall–Kier alpha value is -3.01. The quantitative estimate of drug-likeness (QED) is 0.632. The molecule has 0 radical (unpaired) electrons. The summed E-state index contributed by atoms with van der Waals surface area (Å²) in [5.41, 5.74) is 1.36. The van der Waals surface area contributed by atoms with Crippen LogP contribution in [0, 0.1) is 25.5 Å². The minimum atomic E-state index is -3.81. The van der Waals surface area contributed by atoms with E-state index in [1.165, 1.54) is 24.4 Å². The second-order valence-corrected chi connectivity index (χ2v) is 7.17. The Balaban J connectivity index is 1.76. The number of sulfonamides is 1. The van der Waals surface area contributed by atoms with Gasteiger partial charge in [0, 0.05) is 11.8 Å². The molecule has 3 rings (SSSR count). The number of H-pyrrole nitrogens is 1. The Morgan fingerprint density at radius 1 is 1.04 bits per heavy atom. The molecule has 0 bridgehead atoms. The zero-order chi connectivity index (χ0) is 18.9. The molecule has 0 spiro atoms. The Morgan fingerprint density at radius 2 is 1.77 bits per heavy atom. The summed E-state index contributed by atoms with van der Waals surface area (Å²) in [4.78, 5) is 4.14. The maximum atomic E-state index is 13.2. The molecule has 0 saturated heterocycles. The van der Waals surface area contributed by atoms with E-state index in [0.29, 0.717) is 22.9 Å². The van der Waals surface area contributed by atoms with E-state index in [9.17, 15) is 17.2 Å². The summed E-state index contributed by atoms with van der Waals surface area (Å²) in [5, 5.41) is 9.29. The molecule has 0 amide bonds. The Morgan fingerprint density at radius 3 is 2.35 bits per heavy atom. The fraction of sp³-hybridized carbons (Fsp3) is 0.125. The average molecular weight is 379 g/mol. The molecule has 1 aromatic carbocycles. The normalized spacial score (nSPS) is 11.4. The van der Waals surface area contributed by atoms with Gasteiger partial charge in [-0.3, -0.25) is 9.82 Å². The van der Waals surface area contributed by atoms with Crippen LogP contribution in [0.25, 0.3) is 0 Å². The molecule has 3 aromatic rings. The van der Waals surface area contributed by atoms with Crippen molar-refractivity contribution in [2.24, 2.45) is 0 Å². The summed E-state index contributed by atoms with van der Waals surface area (Å²) in [5.74, 6) is -1.59. The molecule has 136 valence electrons. The van der Waals surface area contributed by atoms with Crippen molar-refractivity contribution in [3.8, 4) is 0 Å². The molecule has 0 aliphatic rings. The first-order valence-corrected chi connectivity index (χ1v) is 8.97. The van der Waals surface area contributed by atoms with Crippen molar-refractivity contribution >= 4 is 27.2 Å². The predicted octanol–water partition coefficient (Wildman–Crippen LogP) is 3.24. The van der Waals surface area contributed by atoms with Gasteiger partial charge in [0.05, 0.1) is 23.3 Å². The third-order valence-electron chi connectivity index (χ3n) is 3.54. The van der Waals surface area contributed by atoms with Crippen molar-refractivity contribution in [1.82, 2.24) is 15.2 Å². The highest BCUT2D eigenvalue weighted by Crippen LogP contribution is 2.22. The Kier molecular flexibility index (Phi) is 4.60. The number of halogens is 2. The highest BCUT2D eigenvalue weighted by Gasteiger charge is 2.22. The lowest BCUT2D eigenvalue weighted by atomic mass is 10.3. The smallest absolute Gasteiger partial charge is 0.265 e. The van der Waals surface area contributed by atoms with Crippen LogP contribution in [0.15, 0.2) is 41.4 Å². The SMILES string of the molecule is Cc1n[nH]c(C)c1S(=O)(=O)Nc1ccc(Nc2ccc(F)c(F)c2)nc1. The zero-order valence-corrected chi connectivity index (χ0v) is 14.7. The van der Waals surface area contributed by atoms with E-state index in [1.807, 2.05) is 0 Å². The van der Waals surface area contributed by atoms with Crippen molar-refractivity contribution in [2.45, 2.75) is 18.7 Å². The standard InChI is InChI=1S/C16H15F2N5O2S/c1-9-16(10(2)22-21-9)26(24,25)23-12-4-6-15(19-8-12)20-11-3-5-13(17)14(18)7-11/h3-8,23H,1-2H3,(H,19,20)(H,21,22). The lowest BCUT2D eigenvalue weighted by molar-refractivity contribution is 0.509. The van der Waals surface area contributed by atoms with Gasteiger partial charge in [-0.2, -0.15) is 5.10 Å². The first kappa shape index (κ1) is 17.8. The molecule has 26 heavy (non-hydrogen) atoms. The summed E-state index contributed by atoms with van der Waals surface area (Å²) < 4.78 is 53.5. The first-order valence-electron chi connectivity index (χ1n) is 7.49. The van der Waals surface area contributed by atoms with Gasteiger partial charge >= 0.3 is 0 Å². The molecule has 3 N–H and O–H groups in total. The Labute approximate surface area is 148 Å². The highest BCUT2D eigenvalue weighted by atomic mass is 32.2. The number of hydrogen-bond acceptors (Lipinski definition) is 5. The number of hydrogen-bond donors (Lipinski definition) is 3. The molecule has 10 heteroatoms. The van der Waals surface area contributed by atoms with Gasteiger partial charge in [0.25, 0.3) is 10.0 Å². The number of aromatic amines is 1. The third-order valence-corrected chi connectivity index (χ3v) is 5.18. The van der Waals surface area contributed by atoms with Gasteiger partial charge in [0.2, 0.25) is 0 Å². The van der Waals surface area contributed by atoms with Gasteiger partial charge in [-0.25, -0.2) is 22.2 Å². The van der Waals surface area contributed by atoms with E-state index in [2.05, 4.69) is 25.2 Å². The monoisotopic (exact) mass is 379 g/mol. The van der Waals surface area contributed by atoms with Crippen LogP contribution in [0.5, 0.6) is 0 Å². The molecule has 7 nitrogen and oxygen atoms in total. The number of aromatic nitrogens is 3. The molecule has 0 unspecified atom stereocenters. The van der Waals surface area contributed by atoms with Gasteiger partial charge in [-0.15, -0.1) is 0 Å². The molecule has 2 aromatic heterocycles. The van der Waals surface area contributed by atoms with Gasteiger partial charge < -0.3 is 5.32 Å². The van der Waals surface area contributed by atoms with E-state index < -0.39 is 21.7 Å². The maximum Gasteiger partial charge on any atom is 0.265 e. The molecule has 0 fully saturated rings. The maximum absolute atomic E-state index is 13.2. The summed E-state index contributed by atoms with van der Waals surface area (Å²) >= 11 is 0. The number of rotatable bonds is 5. The van der Waals surface area contributed by atoms with Crippen LogP contribution in [-0.2, 0) is 10.0 Å². The van der Waals surface area contributed by atoms with Crippen LogP contribution in [0.3, 0.4) is 0 Å². The molecule has 2 heterocycles. The predicted molar refractivity (Wildman–Crippen MR) is 92.7 cm³/mol. The van der Waals surface area contributed by atoms with E-state index >= 15 is 0 Å². The van der Waals surface area contributed by atoms with Crippen LogP contribution in [-0.4, -0.2) is 23.6 Å². The van der Waals surface area contributed by atoms with Crippen molar-refractivity contribution in [3.63, 3.8) is 0 Å². The second-order valence-electron chi connectivity index (χ2n) is 5.55. The fourth-order valence-corrected chi connectivity index (χ4v) is 3.81. The summed E-state index contributed by atoms with van der Waals surface area (Å²) in [6.45, 7) is 3.20. The van der Waals surface area contributed by atoms with E-state index in [4.69, 9.17) is 0 Å². The number of nitrogens with zero attached hydrogens (tertiary/aromatic N) is 2. The van der Waals surface area contributed by atoms with E-state index in [-0.39, 0.29) is 10.6 Å². The highest BCUT2D eigenvalue weighted by molar-refractivity contribution is 7.92. The summed E-state index contributed by atoms with van der Waals surface area (Å²) in [6, 6.07) is 6.36. The number of benzene rings is 1. The third kappa shape index (κ3) is 3.64. The summed E-state index contributed by atoms with van der Waals surface area (Å²) in [7, 11) is -3.81. The van der Waals surface area contributed by atoms with Crippen LogP contribution in [0.4, 0.5) is 26.0 Å². The first-order chi connectivity index (χ1) is 12.3. The molecular weight excluding hydrogens is 364 g/mol. The number of nitrogens with one attached hydrogen (secondary N) is 3. The van der Waals surface area contributed by atoms with Gasteiger partial charge in [0.15, 0.2) is 11.6 Å². The van der Waals surface area contributed by atoms with Gasteiger partial charge in [-0.05, 0) is 38.1 Å². The number of aryl methyl sites for hydroxylation is 2. The number of pyridine rings is 1. The second kappa shape index (κ2) is 6.71. The topological polar surface area (TPSA) is 99.8 Å². The minimum Gasteiger partial charge on any atom is -0.340 e. The summed E-state index contributed by atoms with van der Waals surface area (Å²) in [6.07, 6.45) is 1.31. The molecule has 0 aliphatic heterocycles. The molecular formula is C16H15F2N5O2S. The lowest BCUT2D eigenvalue weighted by Crippen LogP contribution is -2.14. The molecule has 0 saturated carbocycles. The Bertz CT molecular complexity index is 1030. The van der Waals surface area contributed by atoms with Gasteiger partial charge in [-0.1, -0.05) is 0 Å². The van der Waals surface area contributed by atoms with Crippen molar-refractivity contribution in [1.29, 1.82) is 0 Å². The van der Waals surface area contributed by atoms with Crippen LogP contribution >= 0.6 is 0 Å². The molecule has 0 atom stereocenters. The van der Waals surface area contributed by atoms with Crippen molar-refractivity contribution < 1.29 is 17.2 Å². The van der Waals surface area contributed by atoms with Crippen LogP contribution < -0.4 is 10.0 Å². The lowest BCUT2D eigenvalue weighted by Gasteiger charge is -2.10. The van der Waals surface area contributed by atoms with Crippen molar-refractivity contribution in [3.05, 3.63) is 59.6 Å². The van der Waals surface area contributed by atoms with E-state index in [1.54, 1.807) is 13.8 Å². The number of anilines is 3. The van der Waals surface area contributed by atoms with Crippen molar-refractivity contribution in [2.75, 3.05) is 10.0 Å². The van der Waals surface area contributed by atoms with Crippen LogP contribution in [0.2, 0.25) is 0 Å². The zero-order valence-electron chi connectivity index (χ0n) is 13.8.